The summed E-state index contributed by atoms with van der Waals surface area (Å²) >= 11 is 0. The Labute approximate surface area is 167 Å². The van der Waals surface area contributed by atoms with Crippen molar-refractivity contribution in [2.24, 2.45) is 5.92 Å². The van der Waals surface area contributed by atoms with Gasteiger partial charge in [-0.05, 0) is 49.2 Å². The van der Waals surface area contributed by atoms with Crippen LogP contribution in [0, 0.1) is 11.7 Å². The van der Waals surface area contributed by atoms with Gasteiger partial charge in [0, 0.05) is 36.7 Å². The van der Waals surface area contributed by atoms with Gasteiger partial charge in [0.25, 0.3) is 5.91 Å². The maximum atomic E-state index is 13.3. The van der Waals surface area contributed by atoms with Crippen LogP contribution < -0.4 is 5.32 Å². The molecule has 1 aliphatic heterocycles. The highest BCUT2D eigenvalue weighted by Gasteiger charge is 2.29. The molecule has 3 aromatic rings. The normalized spacial score (nSPS) is 16.4. The molecule has 0 saturated carbocycles. The molecule has 8 heteroatoms. The first kappa shape index (κ1) is 18.8. The Hall–Kier alpha value is -3.55. The Morgan fingerprint density at radius 1 is 1.21 bits per heavy atom. The van der Waals surface area contributed by atoms with Gasteiger partial charge in [0.05, 0.1) is 11.6 Å². The van der Waals surface area contributed by atoms with Gasteiger partial charge in [-0.15, -0.1) is 0 Å². The zero-order valence-electron chi connectivity index (χ0n) is 15.6. The number of anilines is 1. The van der Waals surface area contributed by atoms with Crippen LogP contribution in [0.4, 0.5) is 10.1 Å². The summed E-state index contributed by atoms with van der Waals surface area (Å²) in [5, 5.41) is 9.71. The molecule has 2 aromatic heterocycles. The number of nitrogens with one attached hydrogen (secondary N) is 2. The highest BCUT2D eigenvalue weighted by molar-refractivity contribution is 5.95. The molecule has 0 aliphatic carbocycles. The standard InChI is InChI=1S/C21H20FN5O2/c22-16-6-1-7-17(10-16)24-20(28)15-5-3-9-27(13-15)21(29)19-11-18(25-26-19)14-4-2-8-23-12-14/h1-2,4,6-8,10-12,15H,3,5,9,13H2,(H,24,28)(H,25,26). The molecular weight excluding hydrogens is 373 g/mol. The monoisotopic (exact) mass is 393 g/mol. The molecule has 3 heterocycles. The molecule has 0 radical (unpaired) electrons. The van der Waals surface area contributed by atoms with Crippen LogP contribution in [0.15, 0.2) is 54.9 Å². The molecule has 4 rings (SSSR count). The van der Waals surface area contributed by atoms with Crippen LogP contribution in [0.3, 0.4) is 0 Å². The summed E-state index contributed by atoms with van der Waals surface area (Å²) in [5.41, 5.74) is 2.23. The topological polar surface area (TPSA) is 91.0 Å². The van der Waals surface area contributed by atoms with Gasteiger partial charge in [0.15, 0.2) is 0 Å². The second kappa shape index (κ2) is 8.22. The number of amides is 2. The van der Waals surface area contributed by atoms with Crippen LogP contribution in [0.2, 0.25) is 0 Å². The molecule has 7 nitrogen and oxygen atoms in total. The Morgan fingerprint density at radius 2 is 2.10 bits per heavy atom. The van der Waals surface area contributed by atoms with Crippen molar-refractivity contribution in [1.82, 2.24) is 20.1 Å². The van der Waals surface area contributed by atoms with Crippen molar-refractivity contribution in [3.8, 4) is 11.3 Å². The number of piperidine rings is 1. The minimum Gasteiger partial charge on any atom is -0.337 e. The lowest BCUT2D eigenvalue weighted by Crippen LogP contribution is -2.43. The van der Waals surface area contributed by atoms with E-state index in [4.69, 9.17) is 0 Å². The lowest BCUT2D eigenvalue weighted by molar-refractivity contribution is -0.121. The number of benzene rings is 1. The number of nitrogens with zero attached hydrogens (tertiary/aromatic N) is 3. The molecular formula is C21H20FN5O2. The molecule has 2 N–H and O–H groups in total. The molecule has 1 fully saturated rings. The van der Waals surface area contributed by atoms with E-state index in [1.54, 1.807) is 41.6 Å². The van der Waals surface area contributed by atoms with E-state index >= 15 is 0 Å². The summed E-state index contributed by atoms with van der Waals surface area (Å²) in [5.74, 6) is -1.17. The van der Waals surface area contributed by atoms with Gasteiger partial charge in [0.1, 0.15) is 11.5 Å². The molecule has 0 bridgehead atoms. The van der Waals surface area contributed by atoms with Crippen LogP contribution in [0.1, 0.15) is 23.3 Å². The number of carbonyl (C=O) groups is 2. The molecule has 1 saturated heterocycles. The van der Waals surface area contributed by atoms with Gasteiger partial charge < -0.3 is 10.2 Å². The predicted octanol–water partition coefficient (Wildman–Crippen LogP) is 3.10. The van der Waals surface area contributed by atoms with Crippen molar-refractivity contribution in [2.45, 2.75) is 12.8 Å². The van der Waals surface area contributed by atoms with E-state index in [1.807, 2.05) is 6.07 Å². The fourth-order valence-electron chi connectivity index (χ4n) is 3.45. The van der Waals surface area contributed by atoms with Crippen LogP contribution in [0.25, 0.3) is 11.3 Å². The number of H-pyrrole nitrogens is 1. The Kier molecular flexibility index (Phi) is 5.33. The van der Waals surface area contributed by atoms with Crippen LogP contribution in [-0.4, -0.2) is 45.0 Å². The second-order valence-corrected chi connectivity index (χ2v) is 7.00. The smallest absolute Gasteiger partial charge is 0.271 e. The van der Waals surface area contributed by atoms with E-state index in [0.29, 0.717) is 36.6 Å². The number of rotatable bonds is 4. The summed E-state index contributed by atoms with van der Waals surface area (Å²) in [7, 11) is 0. The summed E-state index contributed by atoms with van der Waals surface area (Å²) in [4.78, 5) is 31.2. The SMILES string of the molecule is O=C(Nc1cccc(F)c1)C1CCCN(C(=O)c2cc(-c3cccnc3)n[nH]2)C1. The van der Waals surface area contributed by atoms with E-state index in [9.17, 15) is 14.0 Å². The predicted molar refractivity (Wildman–Crippen MR) is 105 cm³/mol. The molecule has 29 heavy (non-hydrogen) atoms. The maximum Gasteiger partial charge on any atom is 0.271 e. The first-order chi connectivity index (χ1) is 14.1. The number of pyridine rings is 1. The third-order valence-electron chi connectivity index (χ3n) is 4.94. The third-order valence-corrected chi connectivity index (χ3v) is 4.94. The zero-order valence-corrected chi connectivity index (χ0v) is 15.6. The van der Waals surface area contributed by atoms with Gasteiger partial charge in [-0.1, -0.05) is 6.07 Å². The summed E-state index contributed by atoms with van der Waals surface area (Å²) in [6.45, 7) is 0.880. The van der Waals surface area contributed by atoms with Gasteiger partial charge in [-0.2, -0.15) is 5.10 Å². The second-order valence-electron chi connectivity index (χ2n) is 7.00. The van der Waals surface area contributed by atoms with E-state index in [1.165, 1.54) is 12.1 Å². The molecule has 0 spiro atoms. The van der Waals surface area contributed by atoms with Gasteiger partial charge in [-0.25, -0.2) is 4.39 Å². The first-order valence-electron chi connectivity index (χ1n) is 9.41. The summed E-state index contributed by atoms with van der Waals surface area (Å²) in [6, 6.07) is 11.1. The lowest BCUT2D eigenvalue weighted by atomic mass is 9.96. The highest BCUT2D eigenvalue weighted by Crippen LogP contribution is 2.22. The Balaban J connectivity index is 1.42. The average Bonchev–Trinajstić information content (AvgIpc) is 3.24. The van der Waals surface area contributed by atoms with Crippen molar-refractivity contribution in [3.05, 3.63) is 66.4 Å². The van der Waals surface area contributed by atoms with E-state index in [-0.39, 0.29) is 17.7 Å². The molecule has 2 amide bonds. The van der Waals surface area contributed by atoms with E-state index in [2.05, 4.69) is 20.5 Å². The molecule has 1 aliphatic rings. The third kappa shape index (κ3) is 4.31. The minimum atomic E-state index is -0.410. The quantitative estimate of drug-likeness (QED) is 0.713. The van der Waals surface area contributed by atoms with Crippen LogP contribution in [-0.2, 0) is 4.79 Å². The maximum absolute atomic E-state index is 13.3. The summed E-state index contributed by atoms with van der Waals surface area (Å²) in [6.07, 6.45) is 4.74. The fourth-order valence-corrected chi connectivity index (χ4v) is 3.45. The van der Waals surface area contributed by atoms with Crippen LogP contribution >= 0.6 is 0 Å². The van der Waals surface area contributed by atoms with Crippen molar-refractivity contribution < 1.29 is 14.0 Å². The van der Waals surface area contributed by atoms with Gasteiger partial charge >= 0.3 is 0 Å². The lowest BCUT2D eigenvalue weighted by Gasteiger charge is -2.31. The number of aromatic amines is 1. The minimum absolute atomic E-state index is 0.198. The summed E-state index contributed by atoms with van der Waals surface area (Å²) < 4.78 is 13.3. The Bertz CT molecular complexity index is 1020. The number of hydrogen-bond acceptors (Lipinski definition) is 4. The molecule has 1 aromatic carbocycles. The largest absolute Gasteiger partial charge is 0.337 e. The van der Waals surface area contributed by atoms with Crippen molar-refractivity contribution in [3.63, 3.8) is 0 Å². The first-order valence-corrected chi connectivity index (χ1v) is 9.41. The highest BCUT2D eigenvalue weighted by atomic mass is 19.1. The number of aromatic nitrogens is 3. The number of likely N-dealkylation sites (tertiary alicyclic amines) is 1. The molecule has 1 unspecified atom stereocenters. The van der Waals surface area contributed by atoms with Gasteiger partial charge in [0.2, 0.25) is 5.91 Å². The van der Waals surface area contributed by atoms with Crippen molar-refractivity contribution in [2.75, 3.05) is 18.4 Å². The van der Waals surface area contributed by atoms with Gasteiger partial charge in [-0.3, -0.25) is 19.7 Å². The van der Waals surface area contributed by atoms with E-state index < -0.39 is 5.82 Å². The van der Waals surface area contributed by atoms with Crippen LogP contribution in [0.5, 0.6) is 0 Å². The Morgan fingerprint density at radius 3 is 2.90 bits per heavy atom. The fraction of sp³-hybridized carbons (Fsp3) is 0.238. The number of carbonyl (C=O) groups excluding carboxylic acids is 2. The van der Waals surface area contributed by atoms with Crippen molar-refractivity contribution in [1.29, 1.82) is 0 Å². The van der Waals surface area contributed by atoms with E-state index in [0.717, 1.165) is 12.0 Å². The number of hydrogen-bond donors (Lipinski definition) is 2. The zero-order chi connectivity index (χ0) is 20.2. The molecule has 1 atom stereocenters. The molecule has 148 valence electrons. The average molecular weight is 393 g/mol. The van der Waals surface area contributed by atoms with Crippen molar-refractivity contribution >= 4 is 17.5 Å². The number of halogens is 1.